The first kappa shape index (κ1) is 9.29. The van der Waals surface area contributed by atoms with Crippen LogP contribution in [-0.4, -0.2) is 20.1 Å². The molecule has 3 heteroatoms. The summed E-state index contributed by atoms with van der Waals surface area (Å²) in [6.07, 6.45) is -0.801. The van der Waals surface area contributed by atoms with Crippen molar-refractivity contribution < 1.29 is 9.84 Å². The van der Waals surface area contributed by atoms with Crippen LogP contribution < -0.4 is 5.46 Å². The van der Waals surface area contributed by atoms with Crippen LogP contribution in [-0.2, 0) is 4.74 Å². The minimum atomic E-state index is -0.801. The van der Waals surface area contributed by atoms with E-state index in [9.17, 15) is 5.11 Å². The Balaban J connectivity index is 3.04. The van der Waals surface area contributed by atoms with E-state index < -0.39 is 6.29 Å². The van der Waals surface area contributed by atoms with Crippen LogP contribution in [0.25, 0.3) is 0 Å². The monoisotopic (exact) mass is 164 g/mol. The second-order valence-corrected chi connectivity index (χ2v) is 2.95. The van der Waals surface area contributed by atoms with Crippen molar-refractivity contribution in [2.24, 2.45) is 0 Å². The summed E-state index contributed by atoms with van der Waals surface area (Å²) in [5.41, 5.74) is 3.03. The van der Waals surface area contributed by atoms with Gasteiger partial charge in [-0.15, -0.1) is 0 Å². The number of hydrogen-bond donors (Lipinski definition) is 1. The summed E-state index contributed by atoms with van der Waals surface area (Å²) >= 11 is 0. The minimum absolute atomic E-state index is 0.801. The van der Waals surface area contributed by atoms with Gasteiger partial charge in [-0.3, -0.25) is 0 Å². The van der Waals surface area contributed by atoms with E-state index in [2.05, 4.69) is 0 Å². The highest BCUT2D eigenvalue weighted by Crippen LogP contribution is 2.15. The lowest BCUT2D eigenvalue weighted by molar-refractivity contribution is -0.0772. The number of aliphatic hydroxyl groups is 1. The first-order chi connectivity index (χ1) is 5.65. The smallest absolute Gasteiger partial charge is 0.181 e. The summed E-state index contributed by atoms with van der Waals surface area (Å²) in [5, 5.41) is 9.41. The Morgan fingerprint density at radius 1 is 1.50 bits per heavy atom. The molecule has 1 unspecified atom stereocenters. The number of aliphatic hydroxyl groups excluding tert-OH is 1. The molecule has 0 heterocycles. The molecule has 1 aromatic carbocycles. The van der Waals surface area contributed by atoms with E-state index in [4.69, 9.17) is 4.74 Å². The van der Waals surface area contributed by atoms with Crippen molar-refractivity contribution in [3.63, 3.8) is 0 Å². The van der Waals surface area contributed by atoms with Crippen molar-refractivity contribution in [2.45, 2.75) is 13.2 Å². The van der Waals surface area contributed by atoms with Crippen LogP contribution in [0.3, 0.4) is 0 Å². The van der Waals surface area contributed by atoms with Crippen molar-refractivity contribution in [2.75, 3.05) is 7.11 Å². The lowest BCUT2D eigenvalue weighted by atomic mass is 9.92. The predicted octanol–water partition coefficient (Wildman–Crippen LogP) is -0.109. The van der Waals surface area contributed by atoms with Crippen LogP contribution in [0, 0.1) is 6.92 Å². The molecule has 1 rings (SSSR count). The quantitative estimate of drug-likeness (QED) is 0.488. The summed E-state index contributed by atoms with van der Waals surface area (Å²) < 4.78 is 4.83. The molecule has 0 aromatic heterocycles. The number of rotatable bonds is 2. The van der Waals surface area contributed by atoms with Gasteiger partial charge < -0.3 is 9.84 Å². The second kappa shape index (κ2) is 3.74. The fourth-order valence-electron chi connectivity index (χ4n) is 1.15. The van der Waals surface area contributed by atoms with Crippen molar-refractivity contribution >= 4 is 13.3 Å². The van der Waals surface area contributed by atoms with Gasteiger partial charge in [0, 0.05) is 12.7 Å². The summed E-state index contributed by atoms with van der Waals surface area (Å²) in [7, 11) is 3.48. The molecule has 0 amide bonds. The van der Waals surface area contributed by atoms with Crippen molar-refractivity contribution in [3.8, 4) is 0 Å². The first-order valence-corrected chi connectivity index (χ1v) is 3.93. The summed E-state index contributed by atoms with van der Waals surface area (Å²) in [4.78, 5) is 0. The maximum absolute atomic E-state index is 9.41. The molecule has 0 radical (unpaired) electrons. The average molecular weight is 164 g/mol. The lowest BCUT2D eigenvalue weighted by Gasteiger charge is -2.12. The molecule has 0 fully saturated rings. The summed E-state index contributed by atoms with van der Waals surface area (Å²) in [6.45, 7) is 1.96. The molecule has 0 saturated carbocycles. The summed E-state index contributed by atoms with van der Waals surface area (Å²) in [5.74, 6) is 0. The molecular weight excluding hydrogens is 151 g/mol. The van der Waals surface area contributed by atoms with Gasteiger partial charge in [-0.25, -0.2) is 0 Å². The van der Waals surface area contributed by atoms with Gasteiger partial charge in [0.05, 0.1) is 0 Å². The zero-order valence-electron chi connectivity index (χ0n) is 7.66. The Kier molecular flexibility index (Phi) is 2.90. The third kappa shape index (κ3) is 1.87. The second-order valence-electron chi connectivity index (χ2n) is 2.95. The molecule has 1 N–H and O–H groups in total. The van der Waals surface area contributed by atoms with E-state index in [0.717, 1.165) is 16.6 Å². The van der Waals surface area contributed by atoms with Gasteiger partial charge >= 0.3 is 0 Å². The normalized spacial score (nSPS) is 12.9. The molecule has 0 aliphatic carbocycles. The van der Waals surface area contributed by atoms with E-state index in [1.54, 1.807) is 0 Å². The van der Waals surface area contributed by atoms with Crippen LogP contribution in [0.2, 0.25) is 0 Å². The van der Waals surface area contributed by atoms with Crippen molar-refractivity contribution in [3.05, 3.63) is 29.3 Å². The Morgan fingerprint density at radius 2 is 2.17 bits per heavy atom. The Morgan fingerprint density at radius 3 is 2.75 bits per heavy atom. The molecule has 12 heavy (non-hydrogen) atoms. The third-order valence-corrected chi connectivity index (χ3v) is 1.92. The topological polar surface area (TPSA) is 29.5 Å². The summed E-state index contributed by atoms with van der Waals surface area (Å²) in [6, 6.07) is 5.93. The van der Waals surface area contributed by atoms with Crippen molar-refractivity contribution in [1.82, 2.24) is 0 Å². The van der Waals surface area contributed by atoms with Gasteiger partial charge in [-0.2, -0.15) is 0 Å². The lowest BCUT2D eigenvalue weighted by Crippen LogP contribution is -2.09. The molecule has 0 aliphatic heterocycles. The van der Waals surface area contributed by atoms with E-state index >= 15 is 0 Å². The van der Waals surface area contributed by atoms with E-state index in [0.29, 0.717) is 0 Å². The highest BCUT2D eigenvalue weighted by molar-refractivity contribution is 6.32. The average Bonchev–Trinajstić information content (AvgIpc) is 2.08. The van der Waals surface area contributed by atoms with Crippen LogP contribution in [0.5, 0.6) is 0 Å². The zero-order valence-corrected chi connectivity index (χ0v) is 7.66. The van der Waals surface area contributed by atoms with Crippen LogP contribution in [0.15, 0.2) is 18.2 Å². The Hall–Kier alpha value is -0.795. The molecule has 64 valence electrons. The minimum Gasteiger partial charge on any atom is -0.364 e. The number of benzene rings is 1. The Labute approximate surface area is 73.6 Å². The molecule has 0 saturated heterocycles. The fourth-order valence-corrected chi connectivity index (χ4v) is 1.15. The van der Waals surface area contributed by atoms with E-state index in [1.807, 2.05) is 33.0 Å². The molecule has 1 aromatic rings. The molecule has 2 nitrogen and oxygen atoms in total. The van der Waals surface area contributed by atoms with Crippen LogP contribution in [0.1, 0.15) is 17.4 Å². The van der Waals surface area contributed by atoms with Gasteiger partial charge in [0.1, 0.15) is 7.85 Å². The number of aryl methyl sites for hydroxylation is 1. The van der Waals surface area contributed by atoms with Gasteiger partial charge in [0.15, 0.2) is 6.29 Å². The Bertz CT molecular complexity index is 273. The first-order valence-electron chi connectivity index (χ1n) is 3.93. The molecule has 1 atom stereocenters. The molecular formula is C9H13BO2. The third-order valence-electron chi connectivity index (χ3n) is 1.92. The SMILES string of the molecule is Bc1ccc(C)c(C(O)OC)c1. The van der Waals surface area contributed by atoms with Gasteiger partial charge in [0.25, 0.3) is 0 Å². The maximum Gasteiger partial charge on any atom is 0.181 e. The number of ether oxygens (including phenoxy) is 1. The van der Waals surface area contributed by atoms with Gasteiger partial charge in [0.2, 0.25) is 0 Å². The maximum atomic E-state index is 9.41. The standard InChI is InChI=1S/C9H13BO2/c1-6-3-4-7(10)5-8(6)9(11)12-2/h3-5,9,11H,10H2,1-2H3. The van der Waals surface area contributed by atoms with Crippen LogP contribution in [0.4, 0.5) is 0 Å². The highest BCUT2D eigenvalue weighted by atomic mass is 16.6. The molecule has 0 aliphatic rings. The van der Waals surface area contributed by atoms with E-state index in [-0.39, 0.29) is 0 Å². The number of hydrogen-bond acceptors (Lipinski definition) is 2. The predicted molar refractivity (Wildman–Crippen MR) is 51.3 cm³/mol. The molecule has 0 spiro atoms. The highest BCUT2D eigenvalue weighted by Gasteiger charge is 2.07. The van der Waals surface area contributed by atoms with E-state index in [1.165, 1.54) is 7.11 Å². The van der Waals surface area contributed by atoms with Crippen LogP contribution >= 0.6 is 0 Å². The van der Waals surface area contributed by atoms with Gasteiger partial charge in [-0.1, -0.05) is 23.7 Å². The largest absolute Gasteiger partial charge is 0.364 e. The number of methoxy groups -OCH3 is 1. The van der Waals surface area contributed by atoms with Gasteiger partial charge in [-0.05, 0) is 12.5 Å². The molecule has 0 bridgehead atoms. The van der Waals surface area contributed by atoms with Crippen molar-refractivity contribution in [1.29, 1.82) is 0 Å². The fraction of sp³-hybridized carbons (Fsp3) is 0.333. The zero-order chi connectivity index (χ0) is 9.14.